The van der Waals surface area contributed by atoms with Crippen LogP contribution in [0.25, 0.3) is 0 Å². The molecule has 0 fully saturated rings. The molecule has 0 saturated heterocycles. The van der Waals surface area contributed by atoms with E-state index >= 15 is 0 Å². The van der Waals surface area contributed by atoms with Gasteiger partial charge in [0.05, 0.1) is 0 Å². The van der Waals surface area contributed by atoms with Gasteiger partial charge in [-0.05, 0) is 11.6 Å². The number of rotatable bonds is 2. The Morgan fingerprint density at radius 3 is 2.47 bits per heavy atom. The lowest BCUT2D eigenvalue weighted by atomic mass is 10.1. The smallest absolute Gasteiger partial charge is 0.319 e. The Labute approximate surface area is 95.0 Å². The summed E-state index contributed by atoms with van der Waals surface area (Å²) in [5.74, 6) is 0. The Bertz CT molecular complexity index is 375. The number of carbonyl (C=O) groups is 1. The van der Waals surface area contributed by atoms with Crippen LogP contribution < -0.4 is 5.73 Å². The average Bonchev–Trinajstić information content (AvgIpc) is 2.13. The molecule has 4 heteroatoms. The Hall–Kier alpha value is -1.48. The fraction of sp³-hybridized carbons (Fsp3) is 0.182. The molecular formula is C11H13ClN2O. The number of hydrogen-bond donors (Lipinski definition) is 1. The molecule has 1 aliphatic rings. The summed E-state index contributed by atoms with van der Waals surface area (Å²) in [6.45, 7) is 0.650. The third kappa shape index (κ3) is 2.50. The minimum Gasteiger partial charge on any atom is -0.351 e. The van der Waals surface area contributed by atoms with Crippen molar-refractivity contribution in [3.63, 3.8) is 0 Å². The second-order valence-electron chi connectivity index (χ2n) is 3.31. The van der Waals surface area contributed by atoms with E-state index in [0.717, 1.165) is 12.1 Å². The average molecular weight is 225 g/mol. The number of benzene rings is 1. The van der Waals surface area contributed by atoms with Crippen LogP contribution in [0.15, 0.2) is 42.1 Å². The van der Waals surface area contributed by atoms with E-state index in [9.17, 15) is 4.79 Å². The number of allylic oxidation sites excluding steroid dienone is 1. The molecule has 0 bridgehead atoms. The van der Waals surface area contributed by atoms with E-state index in [1.165, 1.54) is 5.56 Å². The summed E-state index contributed by atoms with van der Waals surface area (Å²) in [6, 6.07) is 9.67. The normalized spacial score (nSPS) is 13.6. The van der Waals surface area contributed by atoms with Gasteiger partial charge in [-0.2, -0.15) is 0 Å². The second kappa shape index (κ2) is 4.84. The highest BCUT2D eigenvalue weighted by Crippen LogP contribution is 2.19. The van der Waals surface area contributed by atoms with E-state index in [2.05, 4.69) is 0 Å². The first-order chi connectivity index (χ1) is 6.77. The number of amides is 2. The quantitative estimate of drug-likeness (QED) is 0.820. The van der Waals surface area contributed by atoms with E-state index in [-0.39, 0.29) is 18.4 Å². The molecular weight excluding hydrogens is 212 g/mol. The van der Waals surface area contributed by atoms with E-state index in [1.54, 1.807) is 4.90 Å². The third-order valence-corrected chi connectivity index (χ3v) is 2.35. The summed E-state index contributed by atoms with van der Waals surface area (Å²) in [4.78, 5) is 12.5. The van der Waals surface area contributed by atoms with Crippen LogP contribution in [-0.2, 0) is 6.42 Å². The fourth-order valence-corrected chi connectivity index (χ4v) is 1.52. The molecule has 0 saturated carbocycles. The topological polar surface area (TPSA) is 46.3 Å². The zero-order chi connectivity index (χ0) is 9.97. The van der Waals surface area contributed by atoms with Crippen LogP contribution in [0.3, 0.4) is 0 Å². The lowest BCUT2D eigenvalue weighted by Gasteiger charge is -2.30. The summed E-state index contributed by atoms with van der Waals surface area (Å²) in [6.07, 6.45) is 2.81. The molecule has 1 aromatic rings. The number of primary amides is 1. The van der Waals surface area contributed by atoms with Crippen LogP contribution in [0.1, 0.15) is 5.56 Å². The zero-order valence-corrected chi connectivity index (χ0v) is 9.04. The lowest BCUT2D eigenvalue weighted by Crippen LogP contribution is -2.41. The summed E-state index contributed by atoms with van der Waals surface area (Å²) >= 11 is 0. The van der Waals surface area contributed by atoms with Gasteiger partial charge in [0.15, 0.2) is 0 Å². The van der Waals surface area contributed by atoms with Crippen LogP contribution in [-0.4, -0.2) is 17.5 Å². The van der Waals surface area contributed by atoms with Gasteiger partial charge in [-0.25, -0.2) is 4.79 Å². The molecule has 2 N–H and O–H groups in total. The number of nitrogens with zero attached hydrogens (tertiary/aromatic N) is 1. The fourth-order valence-electron chi connectivity index (χ4n) is 1.52. The molecule has 1 aliphatic heterocycles. The number of nitrogens with two attached hydrogens (primary N) is 1. The Balaban J connectivity index is 0.00000112. The molecule has 0 aliphatic carbocycles. The van der Waals surface area contributed by atoms with Crippen molar-refractivity contribution in [1.29, 1.82) is 0 Å². The first-order valence-electron chi connectivity index (χ1n) is 4.57. The van der Waals surface area contributed by atoms with Crippen molar-refractivity contribution in [3.05, 3.63) is 47.7 Å². The predicted molar refractivity (Wildman–Crippen MR) is 61.8 cm³/mol. The molecule has 1 aromatic carbocycles. The van der Waals surface area contributed by atoms with Crippen LogP contribution in [0, 0.1) is 0 Å². The van der Waals surface area contributed by atoms with E-state index in [0.29, 0.717) is 6.54 Å². The highest BCUT2D eigenvalue weighted by atomic mass is 35.5. The van der Waals surface area contributed by atoms with Crippen LogP contribution in [0.5, 0.6) is 0 Å². The Kier molecular flexibility index (Phi) is 3.74. The molecule has 0 unspecified atom stereocenters. The maximum absolute atomic E-state index is 10.9. The first kappa shape index (κ1) is 11.6. The van der Waals surface area contributed by atoms with Gasteiger partial charge >= 0.3 is 6.03 Å². The molecule has 2 rings (SSSR count). The molecule has 1 heterocycles. The van der Waals surface area contributed by atoms with Gasteiger partial charge in [-0.1, -0.05) is 30.3 Å². The van der Waals surface area contributed by atoms with E-state index in [4.69, 9.17) is 5.73 Å². The molecule has 3 nitrogen and oxygen atoms in total. The number of urea groups is 1. The van der Waals surface area contributed by atoms with Crippen LogP contribution in [0.2, 0.25) is 0 Å². The third-order valence-electron chi connectivity index (χ3n) is 2.35. The number of carbonyl (C=O) groups excluding carboxylic acids is 1. The highest BCUT2D eigenvalue weighted by molar-refractivity contribution is 5.85. The van der Waals surface area contributed by atoms with Crippen LogP contribution >= 0.6 is 12.4 Å². The number of hydrogen-bond acceptors (Lipinski definition) is 1. The van der Waals surface area contributed by atoms with Gasteiger partial charge in [0.25, 0.3) is 0 Å². The molecule has 0 spiro atoms. The van der Waals surface area contributed by atoms with Crippen molar-refractivity contribution in [3.8, 4) is 0 Å². The summed E-state index contributed by atoms with van der Waals surface area (Å²) in [5.41, 5.74) is 7.39. The van der Waals surface area contributed by atoms with E-state index < -0.39 is 0 Å². The van der Waals surface area contributed by atoms with Crippen LogP contribution in [0.4, 0.5) is 4.79 Å². The standard InChI is InChI=1S/C11H12N2O.ClH/c12-11(14)13-7-6-10(13)8-9-4-2-1-3-5-9;/h1-6H,7-8H2,(H2,12,14);1H. The molecule has 2 amide bonds. The summed E-state index contributed by atoms with van der Waals surface area (Å²) in [7, 11) is 0. The second-order valence-corrected chi connectivity index (χ2v) is 3.31. The number of halogens is 1. The van der Waals surface area contributed by atoms with Gasteiger partial charge in [0.2, 0.25) is 0 Å². The SMILES string of the molecule is Cl.NC(=O)N1CC=C1Cc1ccccc1. The van der Waals surface area contributed by atoms with Crippen molar-refractivity contribution >= 4 is 18.4 Å². The molecule has 0 atom stereocenters. The van der Waals surface area contributed by atoms with E-state index in [1.807, 2.05) is 36.4 Å². The van der Waals surface area contributed by atoms with Gasteiger partial charge in [0, 0.05) is 18.7 Å². The predicted octanol–water partition coefficient (Wildman–Crippen LogP) is 1.93. The largest absolute Gasteiger partial charge is 0.351 e. The van der Waals surface area contributed by atoms with Crippen molar-refractivity contribution in [2.75, 3.05) is 6.54 Å². The minimum atomic E-state index is -0.363. The Morgan fingerprint density at radius 1 is 1.33 bits per heavy atom. The summed E-state index contributed by atoms with van der Waals surface area (Å²) < 4.78 is 0. The first-order valence-corrected chi connectivity index (χ1v) is 4.57. The summed E-state index contributed by atoms with van der Waals surface area (Å²) in [5, 5.41) is 0. The van der Waals surface area contributed by atoms with Crippen molar-refractivity contribution in [2.24, 2.45) is 5.73 Å². The molecule has 0 radical (unpaired) electrons. The van der Waals surface area contributed by atoms with Crippen molar-refractivity contribution in [2.45, 2.75) is 6.42 Å². The Morgan fingerprint density at radius 2 is 2.00 bits per heavy atom. The molecule has 80 valence electrons. The zero-order valence-electron chi connectivity index (χ0n) is 8.22. The molecule has 0 aromatic heterocycles. The van der Waals surface area contributed by atoms with Gasteiger partial charge in [0.1, 0.15) is 0 Å². The van der Waals surface area contributed by atoms with Gasteiger partial charge < -0.3 is 5.73 Å². The van der Waals surface area contributed by atoms with Gasteiger partial charge in [-0.15, -0.1) is 12.4 Å². The van der Waals surface area contributed by atoms with Crippen molar-refractivity contribution in [1.82, 2.24) is 4.90 Å². The highest BCUT2D eigenvalue weighted by Gasteiger charge is 2.21. The minimum absolute atomic E-state index is 0. The van der Waals surface area contributed by atoms with Gasteiger partial charge in [-0.3, -0.25) is 4.90 Å². The lowest BCUT2D eigenvalue weighted by molar-refractivity contribution is 0.217. The monoisotopic (exact) mass is 224 g/mol. The van der Waals surface area contributed by atoms with Crippen molar-refractivity contribution < 1.29 is 4.79 Å². The maximum atomic E-state index is 10.9. The maximum Gasteiger partial charge on any atom is 0.319 e. The molecule has 15 heavy (non-hydrogen) atoms.